The van der Waals surface area contributed by atoms with Gasteiger partial charge < -0.3 is 21.4 Å². The molecule has 0 bridgehead atoms. The summed E-state index contributed by atoms with van der Waals surface area (Å²) in [6.45, 7) is 5.45. The van der Waals surface area contributed by atoms with Crippen molar-refractivity contribution < 1.29 is 0 Å². The number of hydrogen-bond donors (Lipinski definition) is 3. The third-order valence-electron chi connectivity index (χ3n) is 4.45. The van der Waals surface area contributed by atoms with Crippen molar-refractivity contribution in [3.8, 4) is 17.5 Å². The summed E-state index contributed by atoms with van der Waals surface area (Å²) in [4.78, 5) is 15.7. The van der Waals surface area contributed by atoms with Gasteiger partial charge in [0.05, 0.1) is 5.69 Å². The maximum Gasteiger partial charge on any atom is 0.229 e. The maximum absolute atomic E-state index is 9.56. The minimum Gasteiger partial charge on any atom is -0.382 e. The molecule has 4 N–H and O–H groups in total. The van der Waals surface area contributed by atoms with Crippen molar-refractivity contribution in [2.75, 3.05) is 29.0 Å². The summed E-state index contributed by atoms with van der Waals surface area (Å²) in [7, 11) is 0. The Labute approximate surface area is 164 Å². The van der Waals surface area contributed by atoms with Gasteiger partial charge in [0.25, 0.3) is 0 Å². The smallest absolute Gasteiger partial charge is 0.229 e. The Kier molecular flexibility index (Phi) is 5.84. The lowest BCUT2D eigenvalue weighted by molar-refractivity contribution is 0.573. The zero-order valence-electron chi connectivity index (χ0n) is 16.2. The standard InChI is InChI=1S/C20H24N8/c1-13(22)11-14(2)24-20-26-18(15(12-21)19(23)27-20)16-7-6-8-17(25-16)28-9-4-3-5-10-28/h6-8,11,22H,3-5,9-10H2,1-2H3,(H3,23,24,26,27)/b14-11-,22-13?. The number of nitrogens with one attached hydrogen (secondary N) is 2. The first-order valence-electron chi connectivity index (χ1n) is 9.28. The molecule has 1 aliphatic heterocycles. The quantitative estimate of drug-likeness (QED) is 0.683. The number of nitrogen functional groups attached to an aromatic ring is 1. The lowest BCUT2D eigenvalue weighted by Gasteiger charge is -2.28. The van der Waals surface area contributed by atoms with Crippen LogP contribution < -0.4 is 16.0 Å². The van der Waals surface area contributed by atoms with Crippen molar-refractivity contribution >= 4 is 23.3 Å². The van der Waals surface area contributed by atoms with Gasteiger partial charge in [-0.25, -0.2) is 9.97 Å². The number of rotatable bonds is 5. The molecule has 2 aromatic rings. The molecular formula is C20H24N8. The summed E-state index contributed by atoms with van der Waals surface area (Å²) >= 11 is 0. The minimum atomic E-state index is 0.0968. The largest absolute Gasteiger partial charge is 0.382 e. The number of anilines is 3. The SMILES string of the molecule is CC(=N)/C=C(/C)Nc1nc(N)c(C#N)c(-c2cccc(N3CCCCC3)n2)n1. The average molecular weight is 376 g/mol. The molecule has 0 atom stereocenters. The predicted octanol–water partition coefficient (Wildman–Crippen LogP) is 3.34. The van der Waals surface area contributed by atoms with E-state index >= 15 is 0 Å². The highest BCUT2D eigenvalue weighted by Gasteiger charge is 2.18. The van der Waals surface area contributed by atoms with E-state index < -0.39 is 0 Å². The van der Waals surface area contributed by atoms with E-state index in [1.807, 2.05) is 25.1 Å². The lowest BCUT2D eigenvalue weighted by Crippen LogP contribution is -2.30. The molecule has 1 fully saturated rings. The second kappa shape index (κ2) is 8.48. The van der Waals surface area contributed by atoms with Crippen molar-refractivity contribution in [1.82, 2.24) is 15.0 Å². The molecule has 28 heavy (non-hydrogen) atoms. The van der Waals surface area contributed by atoms with E-state index in [1.165, 1.54) is 6.42 Å². The van der Waals surface area contributed by atoms with Crippen molar-refractivity contribution in [3.63, 3.8) is 0 Å². The molecule has 1 saturated heterocycles. The molecule has 3 heterocycles. The van der Waals surface area contributed by atoms with Crippen molar-refractivity contribution in [1.29, 1.82) is 10.7 Å². The summed E-state index contributed by atoms with van der Waals surface area (Å²) < 4.78 is 0. The van der Waals surface area contributed by atoms with E-state index in [-0.39, 0.29) is 17.3 Å². The highest BCUT2D eigenvalue weighted by Crippen LogP contribution is 2.27. The molecule has 0 spiro atoms. The molecular weight excluding hydrogens is 352 g/mol. The number of pyridine rings is 1. The molecule has 1 aliphatic rings. The van der Waals surface area contributed by atoms with Crippen LogP contribution in [0.2, 0.25) is 0 Å². The Morgan fingerprint density at radius 1 is 1.21 bits per heavy atom. The third kappa shape index (κ3) is 4.43. The first kappa shape index (κ1) is 19.3. The highest BCUT2D eigenvalue weighted by molar-refractivity contribution is 5.90. The first-order chi connectivity index (χ1) is 13.5. The Morgan fingerprint density at radius 3 is 2.64 bits per heavy atom. The summed E-state index contributed by atoms with van der Waals surface area (Å²) in [5, 5.41) is 20.1. The normalized spacial score (nSPS) is 14.5. The second-order valence-electron chi connectivity index (χ2n) is 6.83. The molecule has 144 valence electrons. The van der Waals surface area contributed by atoms with Crippen LogP contribution in [0, 0.1) is 16.7 Å². The van der Waals surface area contributed by atoms with Crippen LogP contribution in [0.1, 0.15) is 38.7 Å². The zero-order chi connectivity index (χ0) is 20.1. The predicted molar refractivity (Wildman–Crippen MR) is 111 cm³/mol. The fourth-order valence-corrected chi connectivity index (χ4v) is 3.22. The van der Waals surface area contributed by atoms with Gasteiger partial charge >= 0.3 is 0 Å². The number of nitrogens with zero attached hydrogens (tertiary/aromatic N) is 5. The van der Waals surface area contributed by atoms with Gasteiger partial charge in [-0.3, -0.25) is 0 Å². The van der Waals surface area contributed by atoms with E-state index in [9.17, 15) is 5.26 Å². The summed E-state index contributed by atoms with van der Waals surface area (Å²) in [6.07, 6.45) is 5.21. The van der Waals surface area contributed by atoms with Crippen molar-refractivity contribution in [3.05, 3.63) is 35.5 Å². The fourth-order valence-electron chi connectivity index (χ4n) is 3.22. The van der Waals surface area contributed by atoms with Gasteiger partial charge in [-0.15, -0.1) is 0 Å². The molecule has 2 aromatic heterocycles. The highest BCUT2D eigenvalue weighted by atomic mass is 15.2. The van der Waals surface area contributed by atoms with Crippen LogP contribution in [-0.2, 0) is 0 Å². The van der Waals surface area contributed by atoms with Crippen LogP contribution in [0.4, 0.5) is 17.6 Å². The van der Waals surface area contributed by atoms with E-state index in [1.54, 1.807) is 13.0 Å². The molecule has 0 unspecified atom stereocenters. The van der Waals surface area contributed by atoms with E-state index in [2.05, 4.69) is 26.3 Å². The Bertz CT molecular complexity index is 951. The van der Waals surface area contributed by atoms with Gasteiger partial charge in [0.2, 0.25) is 5.95 Å². The Hall–Kier alpha value is -3.47. The zero-order valence-corrected chi connectivity index (χ0v) is 16.2. The number of hydrogen-bond acceptors (Lipinski definition) is 8. The monoisotopic (exact) mass is 376 g/mol. The van der Waals surface area contributed by atoms with Gasteiger partial charge in [-0.2, -0.15) is 10.2 Å². The van der Waals surface area contributed by atoms with Gasteiger partial charge in [-0.1, -0.05) is 6.07 Å². The van der Waals surface area contributed by atoms with Crippen LogP contribution in [0.25, 0.3) is 11.4 Å². The second-order valence-corrected chi connectivity index (χ2v) is 6.83. The fraction of sp³-hybridized carbons (Fsp3) is 0.350. The molecule has 0 radical (unpaired) electrons. The Morgan fingerprint density at radius 2 is 1.96 bits per heavy atom. The van der Waals surface area contributed by atoms with Gasteiger partial charge in [0, 0.05) is 24.5 Å². The molecule has 8 heteroatoms. The molecule has 0 amide bonds. The number of aromatic nitrogens is 3. The first-order valence-corrected chi connectivity index (χ1v) is 9.28. The minimum absolute atomic E-state index is 0.0968. The summed E-state index contributed by atoms with van der Waals surface area (Å²) in [6, 6.07) is 7.81. The molecule has 0 saturated carbocycles. The van der Waals surface area contributed by atoms with Gasteiger partial charge in [0.15, 0.2) is 0 Å². The van der Waals surface area contributed by atoms with E-state index in [4.69, 9.17) is 16.1 Å². The summed E-state index contributed by atoms with van der Waals surface area (Å²) in [5.74, 6) is 1.24. The average Bonchev–Trinajstić information content (AvgIpc) is 2.67. The summed E-state index contributed by atoms with van der Waals surface area (Å²) in [5.41, 5.74) is 8.32. The molecule has 0 aliphatic carbocycles. The third-order valence-corrected chi connectivity index (χ3v) is 4.45. The van der Waals surface area contributed by atoms with Crippen LogP contribution in [0.15, 0.2) is 30.0 Å². The number of piperidine rings is 1. The lowest BCUT2D eigenvalue weighted by atomic mass is 10.1. The van der Waals surface area contributed by atoms with Crippen LogP contribution in [0.3, 0.4) is 0 Å². The van der Waals surface area contributed by atoms with Gasteiger partial charge in [-0.05, 0) is 51.3 Å². The van der Waals surface area contributed by atoms with Crippen LogP contribution in [-0.4, -0.2) is 33.8 Å². The topological polar surface area (TPSA) is 128 Å². The van der Waals surface area contributed by atoms with Crippen molar-refractivity contribution in [2.24, 2.45) is 0 Å². The van der Waals surface area contributed by atoms with Crippen molar-refractivity contribution in [2.45, 2.75) is 33.1 Å². The van der Waals surface area contributed by atoms with E-state index in [0.29, 0.717) is 22.8 Å². The molecule has 0 aromatic carbocycles. The molecule has 3 rings (SSSR count). The molecule has 8 nitrogen and oxygen atoms in total. The number of nitriles is 1. The van der Waals surface area contributed by atoms with E-state index in [0.717, 1.165) is 31.7 Å². The number of allylic oxidation sites excluding steroid dienone is 2. The van der Waals surface area contributed by atoms with Gasteiger partial charge in [0.1, 0.15) is 29.0 Å². The number of nitrogens with two attached hydrogens (primary N) is 1. The van der Waals surface area contributed by atoms with Crippen LogP contribution in [0.5, 0.6) is 0 Å². The van der Waals surface area contributed by atoms with Crippen LogP contribution >= 0.6 is 0 Å². The Balaban J connectivity index is 2.00. The maximum atomic E-state index is 9.56.